The smallest absolute Gasteiger partial charge is 0.234 e. The Kier molecular flexibility index (Phi) is 4.96. The van der Waals surface area contributed by atoms with Crippen LogP contribution in [-0.4, -0.2) is 4.92 Å². The van der Waals surface area contributed by atoms with Gasteiger partial charge in [-0.25, -0.2) is 0 Å². The van der Waals surface area contributed by atoms with Gasteiger partial charge in [-0.2, -0.15) is 0 Å². The van der Waals surface area contributed by atoms with Crippen molar-refractivity contribution >= 4 is 0 Å². The van der Waals surface area contributed by atoms with E-state index in [0.29, 0.717) is 0 Å². The summed E-state index contributed by atoms with van der Waals surface area (Å²) in [7, 11) is 0. The van der Waals surface area contributed by atoms with Crippen LogP contribution in [-0.2, 0) is 0 Å². The highest BCUT2D eigenvalue weighted by Crippen LogP contribution is 1.83. The van der Waals surface area contributed by atoms with E-state index in [0.717, 1.165) is 12.6 Å². The molecular formula is C7H9NO2. The lowest BCUT2D eigenvalue weighted by Crippen LogP contribution is -1.80. The number of rotatable bonds is 4. The molecule has 0 radical (unpaired) electrons. The molecule has 0 unspecified atom stereocenters. The van der Waals surface area contributed by atoms with Crippen LogP contribution in [0.15, 0.2) is 37.1 Å². The fourth-order valence-electron chi connectivity index (χ4n) is 0.373. The van der Waals surface area contributed by atoms with Crippen molar-refractivity contribution in [1.29, 1.82) is 0 Å². The van der Waals surface area contributed by atoms with E-state index in [9.17, 15) is 10.1 Å². The second-order valence-electron chi connectivity index (χ2n) is 1.58. The largest absolute Gasteiger partial charge is 0.259 e. The van der Waals surface area contributed by atoms with Gasteiger partial charge in [0.2, 0.25) is 6.20 Å². The van der Waals surface area contributed by atoms with E-state index in [1.165, 1.54) is 6.08 Å². The maximum absolute atomic E-state index is 9.70. The summed E-state index contributed by atoms with van der Waals surface area (Å²) in [6.07, 6.45) is 8.12. The minimum absolute atomic E-state index is 0.502. The molecule has 3 nitrogen and oxygen atoms in total. The van der Waals surface area contributed by atoms with Gasteiger partial charge in [-0.1, -0.05) is 18.2 Å². The Morgan fingerprint density at radius 3 is 2.70 bits per heavy atom. The number of nitrogens with zero attached hydrogens (tertiary/aromatic N) is 1. The van der Waals surface area contributed by atoms with Crippen LogP contribution < -0.4 is 0 Å². The van der Waals surface area contributed by atoms with Gasteiger partial charge in [0.15, 0.2) is 0 Å². The molecular weight excluding hydrogens is 130 g/mol. The first-order valence-corrected chi connectivity index (χ1v) is 2.85. The molecule has 0 aromatic rings. The summed E-state index contributed by atoms with van der Waals surface area (Å²) in [5.41, 5.74) is 0. The standard InChI is InChI=1S/C7H9NO2/c1-2-3-4-5-6-7-8(9)10/h2,4-7H,1,3H2/b5-4-,7-6+. The van der Waals surface area contributed by atoms with E-state index in [1.807, 2.05) is 0 Å². The van der Waals surface area contributed by atoms with Crippen LogP contribution in [0.4, 0.5) is 0 Å². The van der Waals surface area contributed by atoms with Gasteiger partial charge in [0.05, 0.1) is 4.92 Å². The lowest BCUT2D eigenvalue weighted by atomic mass is 10.4. The molecule has 0 heterocycles. The number of nitro groups is 1. The molecule has 0 saturated carbocycles. The molecule has 0 aromatic carbocycles. The van der Waals surface area contributed by atoms with Crippen molar-refractivity contribution in [2.24, 2.45) is 0 Å². The topological polar surface area (TPSA) is 43.1 Å². The van der Waals surface area contributed by atoms with Crippen molar-refractivity contribution in [3.63, 3.8) is 0 Å². The molecule has 0 bridgehead atoms. The first-order valence-electron chi connectivity index (χ1n) is 2.85. The highest BCUT2D eigenvalue weighted by molar-refractivity contribution is 5.01. The molecule has 0 amide bonds. The van der Waals surface area contributed by atoms with Crippen LogP contribution >= 0.6 is 0 Å². The van der Waals surface area contributed by atoms with E-state index in [-0.39, 0.29) is 0 Å². The zero-order valence-corrected chi connectivity index (χ0v) is 5.56. The van der Waals surface area contributed by atoms with Crippen LogP contribution in [0.1, 0.15) is 6.42 Å². The second-order valence-corrected chi connectivity index (χ2v) is 1.58. The quantitative estimate of drug-likeness (QED) is 0.258. The number of hydrogen-bond donors (Lipinski definition) is 0. The Hall–Kier alpha value is -1.38. The van der Waals surface area contributed by atoms with Crippen molar-refractivity contribution in [3.05, 3.63) is 47.2 Å². The molecule has 0 saturated heterocycles. The zero-order chi connectivity index (χ0) is 7.82. The summed E-state index contributed by atoms with van der Waals surface area (Å²) < 4.78 is 0. The molecule has 3 heteroatoms. The number of allylic oxidation sites excluding steroid dienone is 4. The fourth-order valence-corrected chi connectivity index (χ4v) is 0.373. The van der Waals surface area contributed by atoms with E-state index >= 15 is 0 Å². The summed E-state index contributed by atoms with van der Waals surface area (Å²) in [5, 5.41) is 9.70. The molecule has 0 fully saturated rings. The lowest BCUT2D eigenvalue weighted by Gasteiger charge is -1.75. The summed E-state index contributed by atoms with van der Waals surface area (Å²) in [4.78, 5) is 9.19. The van der Waals surface area contributed by atoms with E-state index in [4.69, 9.17) is 0 Å². The number of hydrogen-bond acceptors (Lipinski definition) is 2. The highest BCUT2D eigenvalue weighted by atomic mass is 16.6. The Balaban J connectivity index is 3.51. The van der Waals surface area contributed by atoms with Crippen LogP contribution in [0, 0.1) is 10.1 Å². The van der Waals surface area contributed by atoms with Crippen molar-refractivity contribution in [3.8, 4) is 0 Å². The Morgan fingerprint density at radius 2 is 2.20 bits per heavy atom. The van der Waals surface area contributed by atoms with Gasteiger partial charge in [0.25, 0.3) is 0 Å². The molecule has 0 aromatic heterocycles. The average Bonchev–Trinajstić information content (AvgIpc) is 1.87. The van der Waals surface area contributed by atoms with Crippen LogP contribution in [0.5, 0.6) is 0 Å². The highest BCUT2D eigenvalue weighted by Gasteiger charge is 1.77. The first kappa shape index (κ1) is 8.62. The van der Waals surface area contributed by atoms with Crippen LogP contribution in [0.25, 0.3) is 0 Å². The Labute approximate surface area is 59.5 Å². The molecule has 0 aliphatic heterocycles. The Bertz CT molecular complexity index is 170. The molecule has 54 valence electrons. The van der Waals surface area contributed by atoms with E-state index in [1.54, 1.807) is 18.2 Å². The van der Waals surface area contributed by atoms with Gasteiger partial charge in [-0.15, -0.1) is 6.58 Å². The first-order chi connectivity index (χ1) is 4.77. The molecule has 10 heavy (non-hydrogen) atoms. The van der Waals surface area contributed by atoms with Crippen molar-refractivity contribution in [2.45, 2.75) is 6.42 Å². The van der Waals surface area contributed by atoms with Gasteiger partial charge >= 0.3 is 0 Å². The van der Waals surface area contributed by atoms with E-state index in [2.05, 4.69) is 6.58 Å². The third kappa shape index (κ3) is 6.62. The molecule has 0 aliphatic rings. The third-order valence-electron chi connectivity index (χ3n) is 0.758. The fraction of sp³-hybridized carbons (Fsp3) is 0.143. The van der Waals surface area contributed by atoms with Gasteiger partial charge in [0.1, 0.15) is 0 Å². The van der Waals surface area contributed by atoms with Gasteiger partial charge in [0, 0.05) is 6.08 Å². The van der Waals surface area contributed by atoms with Gasteiger partial charge in [-0.3, -0.25) is 10.1 Å². The summed E-state index contributed by atoms with van der Waals surface area (Å²) in [6, 6.07) is 0. The monoisotopic (exact) mass is 139 g/mol. The lowest BCUT2D eigenvalue weighted by molar-refractivity contribution is -0.402. The van der Waals surface area contributed by atoms with E-state index < -0.39 is 4.92 Å². The summed E-state index contributed by atoms with van der Waals surface area (Å²) >= 11 is 0. The van der Waals surface area contributed by atoms with Crippen LogP contribution in [0.2, 0.25) is 0 Å². The average molecular weight is 139 g/mol. The molecule has 0 atom stereocenters. The second kappa shape index (κ2) is 5.75. The van der Waals surface area contributed by atoms with Crippen molar-refractivity contribution < 1.29 is 4.92 Å². The molecule has 0 spiro atoms. The minimum Gasteiger partial charge on any atom is -0.259 e. The van der Waals surface area contributed by atoms with Gasteiger partial charge in [-0.05, 0) is 6.42 Å². The van der Waals surface area contributed by atoms with Crippen molar-refractivity contribution in [1.82, 2.24) is 0 Å². The predicted molar refractivity (Wildman–Crippen MR) is 40.1 cm³/mol. The summed E-state index contributed by atoms with van der Waals surface area (Å²) in [5.74, 6) is 0. The maximum Gasteiger partial charge on any atom is 0.234 e. The van der Waals surface area contributed by atoms with Crippen molar-refractivity contribution in [2.75, 3.05) is 0 Å². The summed E-state index contributed by atoms with van der Waals surface area (Å²) in [6.45, 7) is 3.48. The SMILES string of the molecule is C=CC/C=C\C=C\[N+](=O)[O-]. The molecule has 0 N–H and O–H groups in total. The molecule has 0 rings (SSSR count). The van der Waals surface area contributed by atoms with Gasteiger partial charge < -0.3 is 0 Å². The molecule has 0 aliphatic carbocycles. The maximum atomic E-state index is 9.70. The zero-order valence-electron chi connectivity index (χ0n) is 5.56. The minimum atomic E-state index is -0.502. The normalized spacial score (nSPS) is 10.8. The Morgan fingerprint density at radius 1 is 1.50 bits per heavy atom. The van der Waals surface area contributed by atoms with Crippen LogP contribution in [0.3, 0.4) is 0 Å². The third-order valence-corrected chi connectivity index (χ3v) is 0.758. The predicted octanol–water partition coefficient (Wildman–Crippen LogP) is 1.91.